The van der Waals surface area contributed by atoms with Crippen molar-refractivity contribution in [2.75, 3.05) is 26.7 Å². The van der Waals surface area contributed by atoms with Crippen LogP contribution < -0.4 is 5.32 Å². The number of methoxy groups -OCH3 is 1. The zero-order valence-electron chi connectivity index (χ0n) is 13.0. The van der Waals surface area contributed by atoms with Crippen LogP contribution in [0.4, 0.5) is 0 Å². The van der Waals surface area contributed by atoms with Gasteiger partial charge in [-0.05, 0) is 18.9 Å². The summed E-state index contributed by atoms with van der Waals surface area (Å²) in [5.74, 6) is 0. The van der Waals surface area contributed by atoms with Crippen LogP contribution in [0.3, 0.4) is 0 Å². The molecule has 1 N–H and O–H groups in total. The molecule has 2 rings (SSSR count). The molecule has 0 saturated carbocycles. The number of piperazine rings is 1. The Bertz CT molecular complexity index is 382. The van der Waals surface area contributed by atoms with Crippen molar-refractivity contribution in [1.29, 1.82) is 0 Å². The number of rotatable bonds is 6. The number of benzene rings is 1. The Morgan fingerprint density at radius 2 is 2.10 bits per heavy atom. The van der Waals surface area contributed by atoms with E-state index in [1.807, 2.05) is 0 Å². The van der Waals surface area contributed by atoms with Crippen LogP contribution in [0, 0.1) is 0 Å². The Hall–Kier alpha value is -0.900. The topological polar surface area (TPSA) is 24.5 Å². The number of ether oxygens (including phenoxy) is 1. The minimum atomic E-state index is 0.279. The summed E-state index contributed by atoms with van der Waals surface area (Å²) in [4.78, 5) is 2.58. The zero-order chi connectivity index (χ0) is 14.4. The SMILES string of the molecule is CCCC1CN(CC(C)OC)C(c2ccccc2)CN1. The van der Waals surface area contributed by atoms with Gasteiger partial charge in [-0.1, -0.05) is 43.7 Å². The average Bonchev–Trinajstić information content (AvgIpc) is 2.48. The van der Waals surface area contributed by atoms with Crippen LogP contribution in [0.2, 0.25) is 0 Å². The Morgan fingerprint density at radius 3 is 2.75 bits per heavy atom. The second-order valence-electron chi connectivity index (χ2n) is 5.82. The number of nitrogens with zero attached hydrogens (tertiary/aromatic N) is 1. The van der Waals surface area contributed by atoms with Crippen LogP contribution in [-0.2, 0) is 4.74 Å². The van der Waals surface area contributed by atoms with Gasteiger partial charge in [-0.15, -0.1) is 0 Å². The summed E-state index contributed by atoms with van der Waals surface area (Å²) in [7, 11) is 1.80. The molecule has 1 aliphatic heterocycles. The van der Waals surface area contributed by atoms with E-state index in [1.54, 1.807) is 7.11 Å². The van der Waals surface area contributed by atoms with Gasteiger partial charge in [-0.25, -0.2) is 0 Å². The lowest BCUT2D eigenvalue weighted by Crippen LogP contribution is -2.53. The third kappa shape index (κ3) is 4.05. The fraction of sp³-hybridized carbons (Fsp3) is 0.647. The molecule has 0 bridgehead atoms. The third-order valence-electron chi connectivity index (χ3n) is 4.21. The van der Waals surface area contributed by atoms with Crippen LogP contribution in [0.15, 0.2) is 30.3 Å². The normalized spacial score (nSPS) is 25.6. The second-order valence-corrected chi connectivity index (χ2v) is 5.82. The van der Waals surface area contributed by atoms with Crippen LogP contribution in [-0.4, -0.2) is 43.8 Å². The van der Waals surface area contributed by atoms with E-state index in [2.05, 4.69) is 54.4 Å². The molecule has 0 aliphatic carbocycles. The van der Waals surface area contributed by atoms with Crippen molar-refractivity contribution in [2.24, 2.45) is 0 Å². The highest BCUT2D eigenvalue weighted by atomic mass is 16.5. The van der Waals surface area contributed by atoms with E-state index < -0.39 is 0 Å². The third-order valence-corrected chi connectivity index (χ3v) is 4.21. The maximum absolute atomic E-state index is 5.47. The highest BCUT2D eigenvalue weighted by molar-refractivity contribution is 5.20. The molecule has 1 aromatic carbocycles. The predicted octanol–water partition coefficient (Wildman–Crippen LogP) is 2.84. The molecule has 0 aromatic heterocycles. The van der Waals surface area contributed by atoms with Gasteiger partial charge in [0.05, 0.1) is 6.10 Å². The van der Waals surface area contributed by atoms with Gasteiger partial charge in [0, 0.05) is 38.8 Å². The minimum Gasteiger partial charge on any atom is -0.380 e. The second kappa shape index (κ2) is 7.77. The summed E-state index contributed by atoms with van der Waals surface area (Å²) in [5, 5.41) is 3.71. The number of hydrogen-bond acceptors (Lipinski definition) is 3. The van der Waals surface area contributed by atoms with E-state index in [4.69, 9.17) is 4.74 Å². The summed E-state index contributed by atoms with van der Waals surface area (Å²) >= 11 is 0. The van der Waals surface area contributed by atoms with Gasteiger partial charge in [-0.3, -0.25) is 4.90 Å². The fourth-order valence-electron chi connectivity index (χ4n) is 3.03. The fourth-order valence-corrected chi connectivity index (χ4v) is 3.03. The van der Waals surface area contributed by atoms with Gasteiger partial charge < -0.3 is 10.1 Å². The van der Waals surface area contributed by atoms with Crippen molar-refractivity contribution in [1.82, 2.24) is 10.2 Å². The summed E-state index contributed by atoms with van der Waals surface area (Å²) in [5.41, 5.74) is 1.40. The van der Waals surface area contributed by atoms with E-state index in [-0.39, 0.29) is 6.10 Å². The molecule has 3 heteroatoms. The van der Waals surface area contributed by atoms with Gasteiger partial charge >= 0.3 is 0 Å². The minimum absolute atomic E-state index is 0.279. The number of hydrogen-bond donors (Lipinski definition) is 1. The van der Waals surface area contributed by atoms with E-state index in [0.717, 1.165) is 19.6 Å². The lowest BCUT2D eigenvalue weighted by molar-refractivity contribution is 0.0396. The Morgan fingerprint density at radius 1 is 1.35 bits per heavy atom. The molecule has 3 unspecified atom stereocenters. The van der Waals surface area contributed by atoms with Gasteiger partial charge in [0.15, 0.2) is 0 Å². The first kappa shape index (κ1) is 15.5. The molecular weight excluding hydrogens is 248 g/mol. The number of nitrogens with one attached hydrogen (secondary N) is 1. The molecule has 3 nitrogen and oxygen atoms in total. The van der Waals surface area contributed by atoms with Crippen molar-refractivity contribution in [3.8, 4) is 0 Å². The Kier molecular flexibility index (Phi) is 6.02. The molecule has 0 radical (unpaired) electrons. The molecule has 0 amide bonds. The molecule has 1 heterocycles. The largest absolute Gasteiger partial charge is 0.380 e. The smallest absolute Gasteiger partial charge is 0.0670 e. The van der Waals surface area contributed by atoms with Crippen LogP contribution in [0.5, 0.6) is 0 Å². The maximum atomic E-state index is 5.47. The quantitative estimate of drug-likeness (QED) is 0.864. The van der Waals surface area contributed by atoms with Gasteiger partial charge in [0.2, 0.25) is 0 Å². The molecule has 3 atom stereocenters. The van der Waals surface area contributed by atoms with E-state index in [1.165, 1.54) is 18.4 Å². The van der Waals surface area contributed by atoms with Crippen molar-refractivity contribution < 1.29 is 4.74 Å². The summed E-state index contributed by atoms with van der Waals surface area (Å²) in [6, 6.07) is 11.9. The van der Waals surface area contributed by atoms with Crippen LogP contribution >= 0.6 is 0 Å². The lowest BCUT2D eigenvalue weighted by Gasteiger charge is -2.41. The van der Waals surface area contributed by atoms with Crippen LogP contribution in [0.1, 0.15) is 38.3 Å². The zero-order valence-corrected chi connectivity index (χ0v) is 13.0. The lowest BCUT2D eigenvalue weighted by atomic mass is 9.99. The highest BCUT2D eigenvalue weighted by Crippen LogP contribution is 2.24. The molecule has 1 aromatic rings. The van der Waals surface area contributed by atoms with Crippen LogP contribution in [0.25, 0.3) is 0 Å². The van der Waals surface area contributed by atoms with Gasteiger partial charge in [0.1, 0.15) is 0 Å². The first-order valence-corrected chi connectivity index (χ1v) is 7.79. The summed E-state index contributed by atoms with van der Waals surface area (Å²) in [6.45, 7) is 7.55. The van der Waals surface area contributed by atoms with Crippen molar-refractivity contribution in [2.45, 2.75) is 44.9 Å². The van der Waals surface area contributed by atoms with E-state index in [0.29, 0.717) is 12.1 Å². The summed E-state index contributed by atoms with van der Waals surface area (Å²) in [6.07, 6.45) is 2.77. The van der Waals surface area contributed by atoms with Crippen molar-refractivity contribution >= 4 is 0 Å². The van der Waals surface area contributed by atoms with Gasteiger partial charge in [-0.2, -0.15) is 0 Å². The monoisotopic (exact) mass is 276 g/mol. The molecule has 0 spiro atoms. The molecule has 112 valence electrons. The molecule has 20 heavy (non-hydrogen) atoms. The molecule has 1 saturated heterocycles. The molecule has 1 fully saturated rings. The van der Waals surface area contributed by atoms with E-state index in [9.17, 15) is 0 Å². The highest BCUT2D eigenvalue weighted by Gasteiger charge is 2.29. The molecular formula is C17H28N2O. The molecule has 1 aliphatic rings. The first-order valence-electron chi connectivity index (χ1n) is 7.79. The Balaban J connectivity index is 2.08. The maximum Gasteiger partial charge on any atom is 0.0670 e. The standard InChI is InChI=1S/C17H28N2O/c1-4-8-16-13-19(12-14(2)20-3)17(11-18-16)15-9-6-5-7-10-15/h5-7,9-10,14,16-18H,4,8,11-13H2,1-3H3. The first-order chi connectivity index (χ1) is 9.74. The van der Waals surface area contributed by atoms with Crippen molar-refractivity contribution in [3.05, 3.63) is 35.9 Å². The predicted molar refractivity (Wildman–Crippen MR) is 83.9 cm³/mol. The summed E-state index contributed by atoms with van der Waals surface area (Å²) < 4.78 is 5.47. The van der Waals surface area contributed by atoms with Gasteiger partial charge in [0.25, 0.3) is 0 Å². The average molecular weight is 276 g/mol. The Labute approximate surface area is 123 Å². The van der Waals surface area contributed by atoms with Crippen molar-refractivity contribution in [3.63, 3.8) is 0 Å². The van der Waals surface area contributed by atoms with E-state index >= 15 is 0 Å².